The molecule has 0 atom stereocenters. The number of pyridine rings is 1. The Morgan fingerprint density at radius 2 is 1.92 bits per heavy atom. The van der Waals surface area contributed by atoms with Gasteiger partial charge in [0.2, 0.25) is 0 Å². The van der Waals surface area contributed by atoms with Crippen LogP contribution >= 0.6 is 0 Å². The van der Waals surface area contributed by atoms with E-state index in [0.717, 1.165) is 33.8 Å². The van der Waals surface area contributed by atoms with Crippen molar-refractivity contribution in [3.8, 4) is 17.2 Å². The zero-order valence-electron chi connectivity index (χ0n) is 21.0. The number of anilines is 1. The Balaban J connectivity index is 1.46. The predicted molar refractivity (Wildman–Crippen MR) is 143 cm³/mol. The minimum absolute atomic E-state index is 0.217. The zero-order chi connectivity index (χ0) is 27.1. The van der Waals surface area contributed by atoms with Gasteiger partial charge >= 0.3 is 10.2 Å². The molecule has 10 heteroatoms. The summed E-state index contributed by atoms with van der Waals surface area (Å²) in [5, 5.41) is 9.96. The number of nitrogens with zero attached hydrogens (tertiary/aromatic N) is 3. The van der Waals surface area contributed by atoms with E-state index in [-0.39, 0.29) is 28.8 Å². The number of nitriles is 1. The van der Waals surface area contributed by atoms with Gasteiger partial charge in [-0.15, -0.1) is 0 Å². The van der Waals surface area contributed by atoms with Crippen molar-refractivity contribution in [2.24, 2.45) is 0 Å². The third-order valence-electron chi connectivity index (χ3n) is 6.94. The number of rotatable bonds is 9. The third kappa shape index (κ3) is 4.55. The van der Waals surface area contributed by atoms with E-state index in [2.05, 4.69) is 20.8 Å². The third-order valence-corrected chi connectivity index (χ3v) is 8.42. The molecule has 8 nitrogen and oxygen atoms in total. The molecule has 0 saturated heterocycles. The topological polar surface area (TPSA) is 119 Å². The van der Waals surface area contributed by atoms with E-state index >= 15 is 4.39 Å². The Labute approximate surface area is 220 Å². The van der Waals surface area contributed by atoms with Crippen molar-refractivity contribution in [1.29, 1.82) is 5.26 Å². The van der Waals surface area contributed by atoms with Crippen LogP contribution in [0.5, 0.6) is 0 Å². The molecule has 0 unspecified atom stereocenters. The maximum atomic E-state index is 15.4. The summed E-state index contributed by atoms with van der Waals surface area (Å²) >= 11 is 0. The van der Waals surface area contributed by atoms with Gasteiger partial charge in [0.15, 0.2) is 11.6 Å². The Hall–Kier alpha value is -4.07. The standard InChI is InChI=1S/C28H26FN5O3S/c1-3-13-34(2)38(36,37)33-24-6-4-5-21(25(24)29)26(35)23-16-32-27-22(23)14-19(15-31-27)18-7-9-20(10-8-18)28(17-30)11-12-28/h4-10,14-16,33H,3,11-13H2,1-2H3,(H,31,32). The van der Waals surface area contributed by atoms with E-state index in [0.29, 0.717) is 17.5 Å². The van der Waals surface area contributed by atoms with Crippen LogP contribution in [0.15, 0.2) is 60.9 Å². The summed E-state index contributed by atoms with van der Waals surface area (Å²) in [7, 11) is -2.58. The fraction of sp³-hybridized carbons (Fsp3) is 0.250. The lowest BCUT2D eigenvalue weighted by Gasteiger charge is -2.18. The maximum Gasteiger partial charge on any atom is 0.301 e. The van der Waals surface area contributed by atoms with Crippen molar-refractivity contribution in [1.82, 2.24) is 14.3 Å². The van der Waals surface area contributed by atoms with Crippen LogP contribution < -0.4 is 4.72 Å². The van der Waals surface area contributed by atoms with Crippen LogP contribution in [-0.2, 0) is 15.6 Å². The van der Waals surface area contributed by atoms with Crippen molar-refractivity contribution in [2.75, 3.05) is 18.3 Å². The predicted octanol–water partition coefficient (Wildman–Crippen LogP) is 5.15. The molecule has 2 N–H and O–H groups in total. The average molecular weight is 532 g/mol. The molecule has 1 saturated carbocycles. The van der Waals surface area contributed by atoms with Gasteiger partial charge in [0, 0.05) is 42.5 Å². The van der Waals surface area contributed by atoms with Crippen LogP contribution in [0.1, 0.15) is 47.7 Å². The molecular weight excluding hydrogens is 505 g/mol. The first-order valence-electron chi connectivity index (χ1n) is 12.3. The molecule has 0 bridgehead atoms. The van der Waals surface area contributed by atoms with Crippen LogP contribution in [0, 0.1) is 17.1 Å². The zero-order valence-corrected chi connectivity index (χ0v) is 21.8. The highest BCUT2D eigenvalue weighted by Crippen LogP contribution is 2.47. The first kappa shape index (κ1) is 25.6. The first-order valence-corrected chi connectivity index (χ1v) is 13.7. The van der Waals surface area contributed by atoms with Gasteiger partial charge in [-0.2, -0.15) is 18.0 Å². The molecular formula is C28H26FN5O3S. The van der Waals surface area contributed by atoms with Crippen molar-refractivity contribution in [2.45, 2.75) is 31.6 Å². The lowest BCUT2D eigenvalue weighted by molar-refractivity contribution is 0.103. The van der Waals surface area contributed by atoms with Gasteiger partial charge in [-0.25, -0.2) is 9.37 Å². The van der Waals surface area contributed by atoms with Crippen LogP contribution in [0.4, 0.5) is 10.1 Å². The highest BCUT2D eigenvalue weighted by Gasteiger charge is 2.44. The minimum Gasteiger partial charge on any atom is -0.345 e. The quantitative estimate of drug-likeness (QED) is 0.290. The van der Waals surface area contributed by atoms with E-state index in [4.69, 9.17) is 0 Å². The Morgan fingerprint density at radius 1 is 1.18 bits per heavy atom. The first-order chi connectivity index (χ1) is 18.2. The molecule has 2 aromatic heterocycles. The largest absolute Gasteiger partial charge is 0.345 e. The molecule has 2 aromatic carbocycles. The second-order valence-electron chi connectivity index (χ2n) is 9.52. The number of benzene rings is 2. The molecule has 2 heterocycles. The summed E-state index contributed by atoms with van der Waals surface area (Å²) in [4.78, 5) is 20.8. The van der Waals surface area contributed by atoms with E-state index in [1.807, 2.05) is 37.3 Å². The van der Waals surface area contributed by atoms with Crippen LogP contribution in [0.2, 0.25) is 0 Å². The molecule has 194 valence electrons. The molecule has 1 aliphatic rings. The normalized spacial score (nSPS) is 14.4. The van der Waals surface area contributed by atoms with E-state index in [1.54, 1.807) is 6.20 Å². The van der Waals surface area contributed by atoms with Crippen molar-refractivity contribution < 1.29 is 17.6 Å². The van der Waals surface area contributed by atoms with Gasteiger partial charge in [0.05, 0.1) is 22.7 Å². The van der Waals surface area contributed by atoms with E-state index < -0.39 is 21.8 Å². The number of hydrogen-bond acceptors (Lipinski definition) is 5. The van der Waals surface area contributed by atoms with Crippen molar-refractivity contribution in [3.05, 3.63) is 83.4 Å². The lowest BCUT2D eigenvalue weighted by atomic mass is 9.95. The molecule has 0 amide bonds. The van der Waals surface area contributed by atoms with Gasteiger partial charge in [-0.05, 0) is 48.6 Å². The molecule has 1 aliphatic carbocycles. The Kier molecular flexibility index (Phi) is 6.51. The smallest absolute Gasteiger partial charge is 0.301 e. The van der Waals surface area contributed by atoms with Crippen molar-refractivity contribution >= 4 is 32.7 Å². The van der Waals surface area contributed by atoms with Crippen molar-refractivity contribution in [3.63, 3.8) is 0 Å². The summed E-state index contributed by atoms with van der Waals surface area (Å²) in [5.41, 5.74) is 2.37. The number of halogens is 1. The van der Waals surface area contributed by atoms with Crippen LogP contribution in [0.3, 0.4) is 0 Å². The maximum absolute atomic E-state index is 15.4. The summed E-state index contributed by atoms with van der Waals surface area (Å²) in [6.07, 6.45) is 5.48. The number of aromatic amines is 1. The number of carbonyl (C=O) groups is 1. The van der Waals surface area contributed by atoms with Gasteiger partial charge in [0.25, 0.3) is 0 Å². The molecule has 0 aliphatic heterocycles. The summed E-state index contributed by atoms with van der Waals surface area (Å²) in [6, 6.07) is 16.0. The molecule has 4 aromatic rings. The summed E-state index contributed by atoms with van der Waals surface area (Å²) in [5.74, 6) is -1.55. The van der Waals surface area contributed by atoms with E-state index in [1.165, 1.54) is 31.4 Å². The molecule has 38 heavy (non-hydrogen) atoms. The number of nitrogens with one attached hydrogen (secondary N) is 2. The minimum atomic E-state index is -3.98. The molecule has 5 rings (SSSR count). The van der Waals surface area contributed by atoms with E-state index in [9.17, 15) is 18.5 Å². The Morgan fingerprint density at radius 3 is 2.58 bits per heavy atom. The number of fused-ring (bicyclic) bond motifs is 1. The highest BCUT2D eigenvalue weighted by atomic mass is 32.2. The summed E-state index contributed by atoms with van der Waals surface area (Å²) < 4.78 is 43.8. The average Bonchev–Trinajstić information content (AvgIpc) is 3.61. The SMILES string of the molecule is CCCN(C)S(=O)(=O)Nc1cccc(C(=O)c2c[nH]c3ncc(-c4ccc(C5(C#N)CC5)cc4)cc23)c1F. The fourth-order valence-corrected chi connectivity index (χ4v) is 5.52. The van der Waals surface area contributed by atoms with Gasteiger partial charge in [-0.1, -0.05) is 37.3 Å². The van der Waals surface area contributed by atoms with Gasteiger partial charge < -0.3 is 4.98 Å². The van der Waals surface area contributed by atoms with Gasteiger partial charge in [-0.3, -0.25) is 9.52 Å². The van der Waals surface area contributed by atoms with Gasteiger partial charge in [0.1, 0.15) is 5.65 Å². The molecule has 1 fully saturated rings. The number of H-pyrrole nitrogens is 1. The second kappa shape index (κ2) is 9.67. The molecule has 0 radical (unpaired) electrons. The number of ketones is 1. The van der Waals surface area contributed by atoms with Crippen LogP contribution in [-0.4, -0.2) is 42.1 Å². The number of carbonyl (C=O) groups excluding carboxylic acids is 1. The summed E-state index contributed by atoms with van der Waals surface area (Å²) in [6.45, 7) is 2.10. The Bertz CT molecular complexity index is 1690. The highest BCUT2D eigenvalue weighted by molar-refractivity contribution is 7.90. The molecule has 0 spiro atoms. The second-order valence-corrected chi connectivity index (χ2v) is 11.3. The van der Waals surface area contributed by atoms with Crippen LogP contribution in [0.25, 0.3) is 22.2 Å². The lowest BCUT2D eigenvalue weighted by Crippen LogP contribution is -2.33. The monoisotopic (exact) mass is 531 g/mol. The number of hydrogen-bond donors (Lipinski definition) is 2. The fourth-order valence-electron chi connectivity index (χ4n) is 4.50. The number of aromatic nitrogens is 2.